The summed E-state index contributed by atoms with van der Waals surface area (Å²) in [6.45, 7) is 3.56. The molecule has 2 aromatic heterocycles. The Hall–Kier alpha value is -3.96. The van der Waals surface area contributed by atoms with Crippen molar-refractivity contribution in [3.05, 3.63) is 64.2 Å². The molecular weight excluding hydrogens is 466 g/mol. The number of aromatic nitrogens is 2. The van der Waals surface area contributed by atoms with Crippen molar-refractivity contribution in [1.82, 2.24) is 14.3 Å². The van der Waals surface area contributed by atoms with Crippen molar-refractivity contribution in [3.63, 3.8) is 0 Å². The van der Waals surface area contributed by atoms with Gasteiger partial charge in [0.1, 0.15) is 6.61 Å². The van der Waals surface area contributed by atoms with Gasteiger partial charge >= 0.3 is 11.5 Å². The molecule has 1 amide bonds. The first kappa shape index (κ1) is 23.8. The fraction of sp³-hybridized carbons (Fsp3) is 0.360. The summed E-state index contributed by atoms with van der Waals surface area (Å²) in [6, 6.07) is 11.0. The number of aromatic carboxylic acids is 1. The van der Waals surface area contributed by atoms with Gasteiger partial charge in [0.05, 0.1) is 31.1 Å². The van der Waals surface area contributed by atoms with Crippen molar-refractivity contribution in [2.24, 2.45) is 0 Å². The highest BCUT2D eigenvalue weighted by Crippen LogP contribution is 2.29. The maximum atomic E-state index is 13.7. The van der Waals surface area contributed by atoms with Crippen LogP contribution in [-0.2, 0) is 16.1 Å². The topological polar surface area (TPSA) is 117 Å². The van der Waals surface area contributed by atoms with E-state index in [0.29, 0.717) is 50.8 Å². The number of anilines is 2. The number of carbonyl (C=O) groups is 2. The molecule has 2 aliphatic rings. The Morgan fingerprint density at radius 2 is 1.86 bits per heavy atom. The number of carbonyl (C=O) groups excluding carboxylic acids is 1. The Bertz CT molecular complexity index is 1350. The number of ether oxygens (including phenoxy) is 2. The van der Waals surface area contributed by atoms with Gasteiger partial charge < -0.3 is 24.4 Å². The largest absolute Gasteiger partial charge is 0.481 e. The highest BCUT2D eigenvalue weighted by molar-refractivity contribution is 6.00. The van der Waals surface area contributed by atoms with E-state index in [1.54, 1.807) is 17.2 Å². The van der Waals surface area contributed by atoms with Gasteiger partial charge in [-0.3, -0.25) is 18.9 Å². The number of hydrogen-bond acceptors (Lipinski definition) is 8. The second-order valence-corrected chi connectivity index (χ2v) is 8.83. The van der Waals surface area contributed by atoms with Crippen LogP contribution in [0.1, 0.15) is 16.1 Å². The van der Waals surface area contributed by atoms with E-state index in [9.17, 15) is 19.5 Å². The molecule has 11 nitrogen and oxygen atoms in total. The Kier molecular flexibility index (Phi) is 6.57. The van der Waals surface area contributed by atoms with Crippen LogP contribution in [-0.4, -0.2) is 84.3 Å². The van der Waals surface area contributed by atoms with Gasteiger partial charge in [-0.05, 0) is 18.7 Å². The molecule has 0 bridgehead atoms. The van der Waals surface area contributed by atoms with Gasteiger partial charge in [0.15, 0.2) is 11.3 Å². The van der Waals surface area contributed by atoms with Crippen LogP contribution in [0, 0.1) is 0 Å². The molecule has 0 aliphatic carbocycles. The van der Waals surface area contributed by atoms with E-state index < -0.39 is 17.2 Å². The van der Waals surface area contributed by atoms with Crippen LogP contribution in [0.15, 0.2) is 47.4 Å². The maximum absolute atomic E-state index is 13.7. The van der Waals surface area contributed by atoms with Gasteiger partial charge in [0, 0.05) is 32.4 Å². The lowest BCUT2D eigenvalue weighted by molar-refractivity contribution is -0.120. The predicted octanol–water partition coefficient (Wildman–Crippen LogP) is 1.09. The third-order valence-electron chi connectivity index (χ3n) is 6.36. The summed E-state index contributed by atoms with van der Waals surface area (Å²) in [4.78, 5) is 48.7. The van der Waals surface area contributed by atoms with Crippen molar-refractivity contribution in [2.75, 3.05) is 62.8 Å². The van der Waals surface area contributed by atoms with E-state index in [1.807, 2.05) is 42.3 Å². The Morgan fingerprint density at radius 3 is 2.56 bits per heavy atom. The van der Waals surface area contributed by atoms with Crippen LogP contribution in [0.3, 0.4) is 0 Å². The quantitative estimate of drug-likeness (QED) is 0.538. The van der Waals surface area contributed by atoms with Gasteiger partial charge in [-0.25, -0.2) is 9.78 Å². The van der Waals surface area contributed by atoms with Crippen LogP contribution < -0.4 is 20.1 Å². The van der Waals surface area contributed by atoms with Crippen molar-refractivity contribution in [2.45, 2.75) is 6.61 Å². The van der Waals surface area contributed by atoms with Gasteiger partial charge in [0.25, 0.3) is 0 Å². The van der Waals surface area contributed by atoms with Crippen LogP contribution in [0.5, 0.6) is 5.75 Å². The Balaban J connectivity index is 1.67. The van der Waals surface area contributed by atoms with Gasteiger partial charge in [-0.1, -0.05) is 30.3 Å². The van der Waals surface area contributed by atoms with Gasteiger partial charge in [-0.2, -0.15) is 0 Å². The summed E-state index contributed by atoms with van der Waals surface area (Å²) in [7, 11) is 1.86. The SMILES string of the molecule is CN1CCN(c2cc(N3CCOCC3)cn3c(=O)c(OCc4ccccc4)c(C(=O)O)nc23)C(=O)C1. The van der Waals surface area contributed by atoms with E-state index in [-0.39, 0.29) is 30.5 Å². The second-order valence-electron chi connectivity index (χ2n) is 8.83. The summed E-state index contributed by atoms with van der Waals surface area (Å²) < 4.78 is 12.5. The zero-order valence-corrected chi connectivity index (χ0v) is 19.9. The number of carboxylic acid groups (broad SMARTS) is 1. The minimum atomic E-state index is -1.38. The number of fused-ring (bicyclic) bond motifs is 1. The molecule has 1 aromatic carbocycles. The molecule has 11 heteroatoms. The number of piperazine rings is 1. The smallest absolute Gasteiger partial charge is 0.358 e. The highest BCUT2D eigenvalue weighted by Gasteiger charge is 2.29. The number of amides is 1. The summed E-state index contributed by atoms with van der Waals surface area (Å²) in [5.41, 5.74) is 0.854. The number of hydrogen-bond donors (Lipinski definition) is 1. The number of likely N-dealkylation sites (N-methyl/N-ethyl adjacent to an activating group) is 1. The molecule has 4 heterocycles. The summed E-state index contributed by atoms with van der Waals surface area (Å²) in [5, 5.41) is 9.89. The number of nitrogens with zero attached hydrogens (tertiary/aromatic N) is 5. The molecule has 1 N–H and O–H groups in total. The maximum Gasteiger partial charge on any atom is 0.358 e. The molecule has 5 rings (SSSR count). The monoisotopic (exact) mass is 493 g/mol. The average molecular weight is 494 g/mol. The van der Waals surface area contributed by atoms with E-state index >= 15 is 0 Å². The fourth-order valence-corrected chi connectivity index (χ4v) is 4.44. The van der Waals surface area contributed by atoms with Gasteiger partial charge in [-0.15, -0.1) is 0 Å². The third kappa shape index (κ3) is 4.62. The van der Waals surface area contributed by atoms with Crippen LogP contribution in [0.4, 0.5) is 11.4 Å². The van der Waals surface area contributed by atoms with Crippen LogP contribution in [0.25, 0.3) is 5.65 Å². The standard InChI is InChI=1S/C25H27N5O6/c1-27-7-8-29(20(31)15-27)19-13-18(28-9-11-35-12-10-28)14-30-23(19)26-21(25(33)34)22(24(30)32)36-16-17-5-3-2-4-6-17/h2-6,13-14H,7-12,15-16H2,1H3,(H,33,34). The van der Waals surface area contributed by atoms with E-state index in [0.717, 1.165) is 5.56 Å². The average Bonchev–Trinajstić information content (AvgIpc) is 2.89. The summed E-state index contributed by atoms with van der Waals surface area (Å²) in [5.74, 6) is -1.88. The molecule has 2 saturated heterocycles. The fourth-order valence-electron chi connectivity index (χ4n) is 4.44. The molecule has 0 atom stereocenters. The first-order valence-electron chi connectivity index (χ1n) is 11.7. The number of rotatable bonds is 6. The van der Waals surface area contributed by atoms with E-state index in [4.69, 9.17) is 9.47 Å². The molecule has 3 aromatic rings. The lowest BCUT2D eigenvalue weighted by atomic mass is 10.2. The molecule has 2 fully saturated rings. The third-order valence-corrected chi connectivity index (χ3v) is 6.36. The van der Waals surface area contributed by atoms with E-state index in [2.05, 4.69) is 9.88 Å². The van der Waals surface area contributed by atoms with Gasteiger partial charge in [0.2, 0.25) is 11.7 Å². The van der Waals surface area contributed by atoms with Crippen molar-refractivity contribution >= 4 is 28.9 Å². The number of morpholine rings is 1. The molecule has 2 aliphatic heterocycles. The lowest BCUT2D eigenvalue weighted by Gasteiger charge is -2.34. The zero-order valence-electron chi connectivity index (χ0n) is 19.9. The Morgan fingerprint density at radius 1 is 1.11 bits per heavy atom. The summed E-state index contributed by atoms with van der Waals surface area (Å²) >= 11 is 0. The summed E-state index contributed by atoms with van der Waals surface area (Å²) in [6.07, 6.45) is 1.63. The number of benzene rings is 1. The predicted molar refractivity (Wildman–Crippen MR) is 132 cm³/mol. The lowest BCUT2D eigenvalue weighted by Crippen LogP contribution is -2.49. The first-order chi connectivity index (χ1) is 17.4. The second kappa shape index (κ2) is 9.96. The molecular formula is C25H27N5O6. The Labute approximate surface area is 207 Å². The first-order valence-corrected chi connectivity index (χ1v) is 11.7. The molecule has 0 unspecified atom stereocenters. The van der Waals surface area contributed by atoms with Crippen LogP contribution >= 0.6 is 0 Å². The number of pyridine rings is 1. The minimum absolute atomic E-state index is 0.0110. The number of carboxylic acids is 1. The van der Waals surface area contributed by atoms with Crippen molar-refractivity contribution in [1.29, 1.82) is 0 Å². The highest BCUT2D eigenvalue weighted by atomic mass is 16.5. The van der Waals surface area contributed by atoms with Crippen molar-refractivity contribution < 1.29 is 24.2 Å². The zero-order chi connectivity index (χ0) is 25.2. The molecule has 0 spiro atoms. The van der Waals surface area contributed by atoms with E-state index in [1.165, 1.54) is 4.40 Å². The minimum Gasteiger partial charge on any atom is -0.481 e. The van der Waals surface area contributed by atoms with Crippen LogP contribution in [0.2, 0.25) is 0 Å². The molecule has 0 radical (unpaired) electrons. The molecule has 0 saturated carbocycles. The van der Waals surface area contributed by atoms with Crippen molar-refractivity contribution in [3.8, 4) is 5.75 Å². The molecule has 36 heavy (non-hydrogen) atoms. The normalized spacial score (nSPS) is 17.0. The molecule has 188 valence electrons.